The molecule has 0 aliphatic heterocycles. The van der Waals surface area contributed by atoms with Gasteiger partial charge in [-0.15, -0.1) is 11.6 Å². The van der Waals surface area contributed by atoms with E-state index in [4.69, 9.17) is 27.9 Å². The number of imidazole rings is 1. The average Bonchev–Trinajstić information content (AvgIpc) is 2.83. The molecular weight excluding hydrogens is 314 g/mol. The van der Waals surface area contributed by atoms with Crippen LogP contribution in [-0.2, 0) is 5.88 Å². The summed E-state index contributed by atoms with van der Waals surface area (Å²) in [6, 6.07) is 10.3. The SMILES string of the molecule is COc1cc2c(cc1F)nc(CCl)n2-c1cccc(Cl)c1. The largest absolute Gasteiger partial charge is 0.494 e. The molecular formula is C15H11Cl2FN2O. The molecule has 0 spiro atoms. The Morgan fingerprint density at radius 1 is 1.29 bits per heavy atom. The van der Waals surface area contributed by atoms with Crippen molar-refractivity contribution < 1.29 is 9.13 Å². The van der Waals surface area contributed by atoms with Gasteiger partial charge in [0.2, 0.25) is 0 Å². The van der Waals surface area contributed by atoms with E-state index in [2.05, 4.69) is 4.98 Å². The van der Waals surface area contributed by atoms with Crippen molar-refractivity contribution in [2.75, 3.05) is 7.11 Å². The van der Waals surface area contributed by atoms with Gasteiger partial charge in [-0.05, 0) is 18.2 Å². The van der Waals surface area contributed by atoms with Gasteiger partial charge >= 0.3 is 0 Å². The molecule has 0 unspecified atom stereocenters. The molecule has 2 aromatic carbocycles. The Labute approximate surface area is 130 Å². The van der Waals surface area contributed by atoms with E-state index in [1.165, 1.54) is 13.2 Å². The Morgan fingerprint density at radius 3 is 2.76 bits per heavy atom. The van der Waals surface area contributed by atoms with Crippen LogP contribution in [0.5, 0.6) is 5.75 Å². The van der Waals surface area contributed by atoms with Crippen LogP contribution in [-0.4, -0.2) is 16.7 Å². The van der Waals surface area contributed by atoms with Crippen molar-refractivity contribution in [3.63, 3.8) is 0 Å². The van der Waals surface area contributed by atoms with Crippen molar-refractivity contribution in [1.29, 1.82) is 0 Å². The van der Waals surface area contributed by atoms with Crippen molar-refractivity contribution in [1.82, 2.24) is 9.55 Å². The molecule has 0 N–H and O–H groups in total. The summed E-state index contributed by atoms with van der Waals surface area (Å²) in [5, 5.41) is 0.601. The van der Waals surface area contributed by atoms with Crippen molar-refractivity contribution in [2.24, 2.45) is 0 Å². The van der Waals surface area contributed by atoms with E-state index >= 15 is 0 Å². The molecule has 3 aromatic rings. The smallest absolute Gasteiger partial charge is 0.167 e. The molecule has 0 aliphatic rings. The third kappa shape index (κ3) is 2.45. The van der Waals surface area contributed by atoms with Gasteiger partial charge in [0.05, 0.1) is 24.0 Å². The first-order valence-corrected chi connectivity index (χ1v) is 7.12. The van der Waals surface area contributed by atoms with Crippen LogP contribution >= 0.6 is 23.2 Å². The highest BCUT2D eigenvalue weighted by Crippen LogP contribution is 2.29. The van der Waals surface area contributed by atoms with Gasteiger partial charge in [-0.1, -0.05) is 17.7 Å². The minimum atomic E-state index is -0.457. The van der Waals surface area contributed by atoms with E-state index in [1.807, 2.05) is 16.7 Å². The minimum absolute atomic E-state index is 0.159. The number of ether oxygens (including phenoxy) is 1. The zero-order valence-electron chi connectivity index (χ0n) is 11.1. The number of hydrogen-bond acceptors (Lipinski definition) is 2. The maximum absolute atomic E-state index is 13.8. The Bertz CT molecular complexity index is 817. The molecule has 0 saturated carbocycles. The maximum Gasteiger partial charge on any atom is 0.167 e. The van der Waals surface area contributed by atoms with Crippen LogP contribution in [0, 0.1) is 5.82 Å². The number of fused-ring (bicyclic) bond motifs is 1. The third-order valence-corrected chi connectivity index (χ3v) is 3.66. The first kappa shape index (κ1) is 14.2. The molecule has 3 rings (SSSR count). The van der Waals surface area contributed by atoms with Gasteiger partial charge in [0.15, 0.2) is 11.6 Å². The van der Waals surface area contributed by atoms with E-state index in [-0.39, 0.29) is 11.6 Å². The summed E-state index contributed by atoms with van der Waals surface area (Å²) in [7, 11) is 1.42. The summed E-state index contributed by atoms with van der Waals surface area (Å²) in [5.41, 5.74) is 2.05. The predicted molar refractivity (Wildman–Crippen MR) is 82.1 cm³/mol. The minimum Gasteiger partial charge on any atom is -0.494 e. The number of benzene rings is 2. The van der Waals surface area contributed by atoms with Gasteiger partial charge in [0.1, 0.15) is 5.82 Å². The van der Waals surface area contributed by atoms with Gasteiger partial charge in [-0.25, -0.2) is 9.37 Å². The summed E-state index contributed by atoms with van der Waals surface area (Å²) in [6.45, 7) is 0. The molecule has 0 bridgehead atoms. The van der Waals surface area contributed by atoms with Crippen molar-refractivity contribution >= 4 is 34.2 Å². The van der Waals surface area contributed by atoms with E-state index in [1.54, 1.807) is 18.2 Å². The van der Waals surface area contributed by atoms with Gasteiger partial charge < -0.3 is 4.74 Å². The molecule has 0 aliphatic carbocycles. The second-order valence-electron chi connectivity index (χ2n) is 4.45. The third-order valence-electron chi connectivity index (χ3n) is 3.18. The lowest BCUT2D eigenvalue weighted by molar-refractivity contribution is 0.387. The van der Waals surface area contributed by atoms with Crippen LogP contribution < -0.4 is 4.74 Å². The van der Waals surface area contributed by atoms with Crippen LogP contribution in [0.15, 0.2) is 36.4 Å². The lowest BCUT2D eigenvalue weighted by Gasteiger charge is -2.09. The van der Waals surface area contributed by atoms with Gasteiger partial charge in [-0.2, -0.15) is 0 Å². The summed E-state index contributed by atoms with van der Waals surface area (Å²) < 4.78 is 20.7. The second kappa shape index (κ2) is 5.54. The molecule has 21 heavy (non-hydrogen) atoms. The van der Waals surface area contributed by atoms with E-state index in [0.29, 0.717) is 21.9 Å². The lowest BCUT2D eigenvalue weighted by atomic mass is 10.2. The van der Waals surface area contributed by atoms with Crippen LogP contribution in [0.4, 0.5) is 4.39 Å². The van der Waals surface area contributed by atoms with Gasteiger partial charge in [0, 0.05) is 22.8 Å². The van der Waals surface area contributed by atoms with E-state index < -0.39 is 5.82 Å². The standard InChI is InChI=1S/C15H11Cl2FN2O/c1-21-14-7-13-12(6-11(14)18)19-15(8-16)20(13)10-4-2-3-9(17)5-10/h2-7H,8H2,1H3. The molecule has 0 fully saturated rings. The van der Waals surface area contributed by atoms with Crippen molar-refractivity contribution in [2.45, 2.75) is 5.88 Å². The molecule has 1 aromatic heterocycles. The normalized spacial score (nSPS) is 11.0. The summed E-state index contributed by atoms with van der Waals surface area (Å²) in [4.78, 5) is 4.37. The number of rotatable bonds is 3. The highest BCUT2D eigenvalue weighted by molar-refractivity contribution is 6.30. The Kier molecular flexibility index (Phi) is 3.74. The van der Waals surface area contributed by atoms with Crippen LogP contribution in [0.3, 0.4) is 0 Å². The second-order valence-corrected chi connectivity index (χ2v) is 5.16. The fraction of sp³-hybridized carbons (Fsp3) is 0.133. The molecule has 108 valence electrons. The first-order valence-electron chi connectivity index (χ1n) is 6.21. The van der Waals surface area contributed by atoms with Crippen LogP contribution in [0.1, 0.15) is 5.82 Å². The summed E-state index contributed by atoms with van der Waals surface area (Å²) in [5.74, 6) is 0.515. The quantitative estimate of drug-likeness (QED) is 0.660. The molecule has 0 radical (unpaired) electrons. The Hall–Kier alpha value is -1.78. The number of methoxy groups -OCH3 is 1. The average molecular weight is 325 g/mol. The summed E-state index contributed by atoms with van der Waals surface area (Å²) in [6.07, 6.45) is 0. The zero-order chi connectivity index (χ0) is 15.0. The van der Waals surface area contributed by atoms with Crippen molar-refractivity contribution in [3.05, 3.63) is 53.1 Å². The number of nitrogens with zero attached hydrogens (tertiary/aromatic N) is 2. The van der Waals surface area contributed by atoms with Gasteiger partial charge in [0.25, 0.3) is 0 Å². The zero-order valence-corrected chi connectivity index (χ0v) is 12.6. The van der Waals surface area contributed by atoms with Crippen LogP contribution in [0.25, 0.3) is 16.7 Å². The summed E-state index contributed by atoms with van der Waals surface area (Å²) >= 11 is 12.0. The number of halogens is 3. The number of alkyl halides is 1. The molecule has 0 atom stereocenters. The van der Waals surface area contributed by atoms with Crippen LogP contribution in [0.2, 0.25) is 5.02 Å². The highest BCUT2D eigenvalue weighted by Gasteiger charge is 2.15. The van der Waals surface area contributed by atoms with E-state index in [0.717, 1.165) is 5.69 Å². The Morgan fingerprint density at radius 2 is 2.10 bits per heavy atom. The molecule has 6 heteroatoms. The fourth-order valence-corrected chi connectivity index (χ4v) is 2.64. The topological polar surface area (TPSA) is 27.1 Å². The molecule has 1 heterocycles. The van der Waals surface area contributed by atoms with E-state index in [9.17, 15) is 4.39 Å². The molecule has 0 saturated heterocycles. The molecule has 3 nitrogen and oxygen atoms in total. The Balaban J connectivity index is 2.34. The highest BCUT2D eigenvalue weighted by atomic mass is 35.5. The predicted octanol–water partition coefficient (Wildman–Crippen LogP) is 4.57. The lowest BCUT2D eigenvalue weighted by Crippen LogP contribution is -1.99. The van der Waals surface area contributed by atoms with Crippen molar-refractivity contribution in [3.8, 4) is 11.4 Å². The number of hydrogen-bond donors (Lipinski definition) is 0. The van der Waals surface area contributed by atoms with Gasteiger partial charge in [-0.3, -0.25) is 4.57 Å². The molecule has 0 amide bonds. The maximum atomic E-state index is 13.8. The first-order chi connectivity index (χ1) is 10.1. The monoisotopic (exact) mass is 324 g/mol. The number of aromatic nitrogens is 2. The fourth-order valence-electron chi connectivity index (χ4n) is 2.28.